The number of methoxy groups -OCH3 is 1. The highest BCUT2D eigenvalue weighted by Gasteiger charge is 2.23. The first-order chi connectivity index (χ1) is 11.5. The van der Waals surface area contributed by atoms with Crippen LogP contribution in [0.1, 0.15) is 69.7 Å². The zero-order valence-corrected chi connectivity index (χ0v) is 16.1. The molecule has 0 aliphatic heterocycles. The molecule has 0 spiro atoms. The van der Waals surface area contributed by atoms with Crippen molar-refractivity contribution in [2.24, 2.45) is 5.92 Å². The number of anilines is 1. The zero-order chi connectivity index (χ0) is 18.1. The summed E-state index contributed by atoms with van der Waals surface area (Å²) in [5, 5.41) is 3.56. The minimum absolute atomic E-state index is 0.151. The average Bonchev–Trinajstić information content (AvgIpc) is 2.57. The first kappa shape index (κ1) is 20.6. The average molecular weight is 355 g/mol. The van der Waals surface area contributed by atoms with E-state index in [-0.39, 0.29) is 11.9 Å². The van der Waals surface area contributed by atoms with Crippen molar-refractivity contribution in [1.82, 2.24) is 5.32 Å². The van der Waals surface area contributed by atoms with Gasteiger partial charge in [-0.15, -0.1) is 0 Å². The predicted molar refractivity (Wildman–Crippen MR) is 102 cm³/mol. The van der Waals surface area contributed by atoms with E-state index in [1.807, 2.05) is 0 Å². The summed E-state index contributed by atoms with van der Waals surface area (Å²) >= 11 is 6.08. The Hall–Kier alpha value is -1.42. The van der Waals surface area contributed by atoms with Crippen molar-refractivity contribution < 1.29 is 9.53 Å². The lowest BCUT2D eigenvalue weighted by atomic mass is 9.88. The Morgan fingerprint density at radius 1 is 1.25 bits per heavy atom. The molecule has 0 heterocycles. The summed E-state index contributed by atoms with van der Waals surface area (Å²) in [6.07, 6.45) is 6.56. The van der Waals surface area contributed by atoms with E-state index in [9.17, 15) is 4.79 Å². The Kier molecular flexibility index (Phi) is 8.98. The van der Waals surface area contributed by atoms with Crippen molar-refractivity contribution in [1.29, 1.82) is 0 Å². The van der Waals surface area contributed by atoms with Gasteiger partial charge in [0.25, 0.3) is 5.91 Å². The molecule has 0 aliphatic rings. The molecule has 1 rings (SSSR count). The lowest BCUT2D eigenvalue weighted by Crippen LogP contribution is -2.40. The first-order valence-electron chi connectivity index (χ1n) is 8.92. The molecule has 2 atom stereocenters. The molecular weight excluding hydrogens is 324 g/mol. The number of carbonyl (C=O) groups excluding carboxylic acids is 1. The standard InChI is InChI=1S/C19H31ClN2O2/c1-5-8-10-13(7-3)17(9-6-2)22-19(23)14-11-15(20)16(21)12-18(14)24-4/h11-13,17H,5-10,21H2,1-4H3,(H,22,23). The molecule has 0 aliphatic carbocycles. The van der Waals surface area contributed by atoms with Crippen LogP contribution in [0.5, 0.6) is 5.75 Å². The highest BCUT2D eigenvalue weighted by Crippen LogP contribution is 2.29. The smallest absolute Gasteiger partial charge is 0.255 e. The van der Waals surface area contributed by atoms with E-state index in [2.05, 4.69) is 26.1 Å². The predicted octanol–water partition coefficient (Wildman–Crippen LogP) is 5.05. The number of rotatable bonds is 10. The first-order valence-corrected chi connectivity index (χ1v) is 9.29. The molecule has 1 amide bonds. The van der Waals surface area contributed by atoms with Gasteiger partial charge >= 0.3 is 0 Å². The van der Waals surface area contributed by atoms with Crippen LogP contribution in [-0.4, -0.2) is 19.1 Å². The summed E-state index contributed by atoms with van der Waals surface area (Å²) in [5.74, 6) is 0.789. The molecule has 0 radical (unpaired) electrons. The SMILES string of the molecule is CCCCC(CC)C(CCC)NC(=O)c1cc(Cl)c(N)cc1OC. The van der Waals surface area contributed by atoms with Gasteiger partial charge in [0, 0.05) is 12.1 Å². The second kappa shape index (κ2) is 10.4. The molecule has 3 N–H and O–H groups in total. The molecule has 0 saturated carbocycles. The van der Waals surface area contributed by atoms with Gasteiger partial charge in [-0.3, -0.25) is 4.79 Å². The number of hydrogen-bond acceptors (Lipinski definition) is 3. The zero-order valence-electron chi connectivity index (χ0n) is 15.3. The van der Waals surface area contributed by atoms with Crippen molar-refractivity contribution in [2.45, 2.75) is 65.3 Å². The number of hydrogen-bond donors (Lipinski definition) is 2. The topological polar surface area (TPSA) is 64.4 Å². The summed E-state index contributed by atoms with van der Waals surface area (Å²) in [6.45, 7) is 6.53. The van der Waals surface area contributed by atoms with E-state index in [0.29, 0.717) is 27.9 Å². The van der Waals surface area contributed by atoms with Crippen LogP contribution >= 0.6 is 11.6 Å². The normalized spacial score (nSPS) is 13.4. The maximum absolute atomic E-state index is 12.8. The van der Waals surface area contributed by atoms with E-state index in [1.54, 1.807) is 12.1 Å². The third kappa shape index (κ3) is 5.59. The lowest BCUT2D eigenvalue weighted by Gasteiger charge is -2.27. The van der Waals surface area contributed by atoms with Crippen molar-refractivity contribution in [2.75, 3.05) is 12.8 Å². The Morgan fingerprint density at radius 3 is 2.50 bits per heavy atom. The van der Waals surface area contributed by atoms with E-state index in [0.717, 1.165) is 25.7 Å². The van der Waals surface area contributed by atoms with Gasteiger partial charge in [-0.25, -0.2) is 0 Å². The highest BCUT2D eigenvalue weighted by atomic mass is 35.5. The second-order valence-electron chi connectivity index (χ2n) is 6.25. The number of unbranched alkanes of at least 4 members (excludes halogenated alkanes) is 1. The van der Waals surface area contributed by atoms with Crippen LogP contribution in [0.2, 0.25) is 5.02 Å². The second-order valence-corrected chi connectivity index (χ2v) is 6.66. The van der Waals surface area contributed by atoms with Crippen LogP contribution in [0.15, 0.2) is 12.1 Å². The molecule has 4 nitrogen and oxygen atoms in total. The molecule has 1 aromatic carbocycles. The molecule has 136 valence electrons. The Labute approximate surface area is 151 Å². The number of benzene rings is 1. The van der Waals surface area contributed by atoms with Gasteiger partial charge in [0.2, 0.25) is 0 Å². The Bertz CT molecular complexity index is 534. The molecule has 1 aromatic rings. The van der Waals surface area contributed by atoms with E-state index in [1.165, 1.54) is 20.0 Å². The summed E-state index contributed by atoms with van der Waals surface area (Å²) in [6, 6.07) is 3.35. The van der Waals surface area contributed by atoms with E-state index < -0.39 is 0 Å². The Balaban J connectivity index is 2.97. The number of nitrogens with one attached hydrogen (secondary N) is 1. The fraction of sp³-hybridized carbons (Fsp3) is 0.632. The lowest BCUT2D eigenvalue weighted by molar-refractivity contribution is 0.0912. The maximum atomic E-state index is 12.8. The number of nitrogen functional groups attached to an aromatic ring is 1. The number of carbonyl (C=O) groups is 1. The molecule has 5 heteroatoms. The van der Waals surface area contributed by atoms with Gasteiger partial charge in [-0.2, -0.15) is 0 Å². The fourth-order valence-electron chi connectivity index (χ4n) is 3.05. The third-order valence-corrected chi connectivity index (χ3v) is 4.83. The molecule has 0 aromatic heterocycles. The fourth-order valence-corrected chi connectivity index (χ4v) is 3.22. The molecule has 24 heavy (non-hydrogen) atoms. The number of nitrogens with two attached hydrogens (primary N) is 1. The molecule has 0 saturated heterocycles. The summed E-state index contributed by atoms with van der Waals surface area (Å²) < 4.78 is 5.30. The van der Waals surface area contributed by atoms with Crippen molar-refractivity contribution in [3.05, 3.63) is 22.7 Å². The van der Waals surface area contributed by atoms with E-state index in [4.69, 9.17) is 22.1 Å². The minimum atomic E-state index is -0.151. The van der Waals surface area contributed by atoms with Crippen molar-refractivity contribution in [3.8, 4) is 5.75 Å². The van der Waals surface area contributed by atoms with E-state index >= 15 is 0 Å². The summed E-state index contributed by atoms with van der Waals surface area (Å²) in [5.41, 5.74) is 6.64. The Morgan fingerprint density at radius 2 is 1.96 bits per heavy atom. The maximum Gasteiger partial charge on any atom is 0.255 e. The van der Waals surface area contributed by atoms with Gasteiger partial charge in [-0.05, 0) is 24.8 Å². The monoisotopic (exact) mass is 354 g/mol. The number of ether oxygens (including phenoxy) is 1. The summed E-state index contributed by atoms with van der Waals surface area (Å²) in [4.78, 5) is 12.8. The van der Waals surface area contributed by atoms with Gasteiger partial charge in [-0.1, -0.05) is 58.1 Å². The van der Waals surface area contributed by atoms with Gasteiger partial charge < -0.3 is 15.8 Å². The molecule has 2 unspecified atom stereocenters. The largest absolute Gasteiger partial charge is 0.496 e. The van der Waals surface area contributed by atoms with Crippen molar-refractivity contribution >= 4 is 23.2 Å². The van der Waals surface area contributed by atoms with Crippen LogP contribution in [0.3, 0.4) is 0 Å². The van der Waals surface area contributed by atoms with Crippen LogP contribution in [-0.2, 0) is 0 Å². The minimum Gasteiger partial charge on any atom is -0.496 e. The summed E-state index contributed by atoms with van der Waals surface area (Å²) in [7, 11) is 1.53. The molecule has 0 fully saturated rings. The number of amides is 1. The highest BCUT2D eigenvalue weighted by molar-refractivity contribution is 6.33. The number of halogens is 1. The quantitative estimate of drug-likeness (QED) is 0.578. The van der Waals surface area contributed by atoms with Gasteiger partial charge in [0.05, 0.1) is 23.4 Å². The van der Waals surface area contributed by atoms with Crippen LogP contribution in [0.4, 0.5) is 5.69 Å². The molecular formula is C19H31ClN2O2. The molecule has 0 bridgehead atoms. The third-order valence-electron chi connectivity index (χ3n) is 4.50. The van der Waals surface area contributed by atoms with Crippen LogP contribution in [0, 0.1) is 5.92 Å². The van der Waals surface area contributed by atoms with Gasteiger partial charge in [0.15, 0.2) is 0 Å². The van der Waals surface area contributed by atoms with Crippen LogP contribution in [0.25, 0.3) is 0 Å². The van der Waals surface area contributed by atoms with Crippen LogP contribution < -0.4 is 15.8 Å². The van der Waals surface area contributed by atoms with Crippen molar-refractivity contribution in [3.63, 3.8) is 0 Å². The van der Waals surface area contributed by atoms with Gasteiger partial charge in [0.1, 0.15) is 5.75 Å².